The zero-order valence-electron chi connectivity index (χ0n) is 15.3. The van der Waals surface area contributed by atoms with Gasteiger partial charge >= 0.3 is 0 Å². The number of rotatable bonds is 4. The van der Waals surface area contributed by atoms with Gasteiger partial charge in [-0.15, -0.1) is 0 Å². The molecular formula is C20H25NO4. The largest absolute Gasteiger partial charge is 0.497 e. The van der Waals surface area contributed by atoms with Crippen LogP contribution in [-0.2, 0) is 0 Å². The SMILES string of the molecule is COc1ccc2c(c1)OC(C)(C)C(c1ccc(OC)c(OC)c1)C2N. The van der Waals surface area contributed by atoms with Crippen molar-refractivity contribution in [2.75, 3.05) is 21.3 Å². The minimum absolute atomic E-state index is 0.0341. The van der Waals surface area contributed by atoms with E-state index in [9.17, 15) is 0 Å². The molecule has 2 unspecified atom stereocenters. The number of fused-ring (bicyclic) bond motifs is 1. The van der Waals surface area contributed by atoms with E-state index in [4.69, 9.17) is 24.7 Å². The van der Waals surface area contributed by atoms with Gasteiger partial charge < -0.3 is 24.7 Å². The Morgan fingerprint density at radius 3 is 2.28 bits per heavy atom. The van der Waals surface area contributed by atoms with E-state index in [-0.39, 0.29) is 12.0 Å². The molecule has 0 aliphatic carbocycles. The second kappa shape index (κ2) is 6.48. The molecule has 5 nitrogen and oxygen atoms in total. The smallest absolute Gasteiger partial charge is 0.161 e. The molecule has 25 heavy (non-hydrogen) atoms. The number of hydrogen-bond donors (Lipinski definition) is 1. The van der Waals surface area contributed by atoms with Gasteiger partial charge in [-0.2, -0.15) is 0 Å². The van der Waals surface area contributed by atoms with Gasteiger partial charge in [0.2, 0.25) is 0 Å². The fraction of sp³-hybridized carbons (Fsp3) is 0.400. The Hall–Kier alpha value is -2.40. The Morgan fingerprint density at radius 2 is 1.64 bits per heavy atom. The Kier molecular flexibility index (Phi) is 4.52. The first-order valence-corrected chi connectivity index (χ1v) is 8.25. The Bertz CT molecular complexity index is 772. The molecule has 2 aromatic rings. The van der Waals surface area contributed by atoms with Crippen LogP contribution in [0.2, 0.25) is 0 Å². The van der Waals surface area contributed by atoms with Crippen LogP contribution in [0.4, 0.5) is 0 Å². The average Bonchev–Trinajstić information content (AvgIpc) is 2.60. The highest BCUT2D eigenvalue weighted by Gasteiger charge is 2.43. The first kappa shape index (κ1) is 17.4. The van der Waals surface area contributed by atoms with Crippen LogP contribution in [0.1, 0.15) is 36.9 Å². The molecule has 2 N–H and O–H groups in total. The van der Waals surface area contributed by atoms with Crippen LogP contribution in [-0.4, -0.2) is 26.9 Å². The van der Waals surface area contributed by atoms with E-state index >= 15 is 0 Å². The molecule has 0 fully saturated rings. The number of nitrogens with two attached hydrogens (primary N) is 1. The molecular weight excluding hydrogens is 318 g/mol. The monoisotopic (exact) mass is 343 g/mol. The van der Waals surface area contributed by atoms with Crippen molar-refractivity contribution in [3.8, 4) is 23.0 Å². The van der Waals surface area contributed by atoms with Crippen molar-refractivity contribution in [2.45, 2.75) is 31.4 Å². The molecule has 1 heterocycles. The predicted octanol–water partition coefficient (Wildman–Crippen LogP) is 3.67. The normalized spacial score (nSPS) is 21.0. The molecule has 1 aliphatic heterocycles. The highest BCUT2D eigenvalue weighted by atomic mass is 16.5. The minimum atomic E-state index is -0.488. The zero-order chi connectivity index (χ0) is 18.2. The number of methoxy groups -OCH3 is 3. The summed E-state index contributed by atoms with van der Waals surface area (Å²) in [6, 6.07) is 11.5. The van der Waals surface area contributed by atoms with Crippen molar-refractivity contribution in [1.82, 2.24) is 0 Å². The Labute approximate surface area is 148 Å². The fourth-order valence-electron chi connectivity index (χ4n) is 3.62. The molecule has 0 saturated heterocycles. The maximum Gasteiger partial charge on any atom is 0.161 e. The molecule has 0 saturated carbocycles. The fourth-order valence-corrected chi connectivity index (χ4v) is 3.62. The molecule has 2 atom stereocenters. The van der Waals surface area contributed by atoms with Crippen LogP contribution < -0.4 is 24.7 Å². The lowest BCUT2D eigenvalue weighted by molar-refractivity contribution is 0.0475. The van der Waals surface area contributed by atoms with Crippen LogP contribution in [0.15, 0.2) is 36.4 Å². The quantitative estimate of drug-likeness (QED) is 0.918. The number of ether oxygens (including phenoxy) is 4. The molecule has 2 aromatic carbocycles. The van der Waals surface area contributed by atoms with E-state index in [1.807, 2.05) is 36.4 Å². The second-order valence-electron chi connectivity index (χ2n) is 6.73. The van der Waals surface area contributed by atoms with Gasteiger partial charge in [-0.3, -0.25) is 0 Å². The molecule has 0 radical (unpaired) electrons. The standard InChI is InChI=1S/C20H25NO4/c1-20(2)18(12-6-9-15(23-4)17(10-12)24-5)19(21)14-8-7-13(22-3)11-16(14)25-20/h6-11,18-19H,21H2,1-5H3. The zero-order valence-corrected chi connectivity index (χ0v) is 15.3. The lowest BCUT2D eigenvalue weighted by atomic mass is 9.74. The van der Waals surface area contributed by atoms with Crippen LogP contribution >= 0.6 is 0 Å². The van der Waals surface area contributed by atoms with Crippen molar-refractivity contribution in [3.05, 3.63) is 47.5 Å². The van der Waals surface area contributed by atoms with Crippen molar-refractivity contribution >= 4 is 0 Å². The van der Waals surface area contributed by atoms with Gasteiger partial charge in [0.25, 0.3) is 0 Å². The summed E-state index contributed by atoms with van der Waals surface area (Å²) in [7, 11) is 4.90. The van der Waals surface area contributed by atoms with Crippen molar-refractivity contribution in [3.63, 3.8) is 0 Å². The summed E-state index contributed by atoms with van der Waals surface area (Å²) in [4.78, 5) is 0. The summed E-state index contributed by atoms with van der Waals surface area (Å²) in [5, 5.41) is 0. The number of hydrogen-bond acceptors (Lipinski definition) is 5. The summed E-state index contributed by atoms with van der Waals surface area (Å²) in [5.41, 5.74) is 8.20. The van der Waals surface area contributed by atoms with Gasteiger partial charge in [0.15, 0.2) is 11.5 Å². The summed E-state index contributed by atoms with van der Waals surface area (Å²) in [5.74, 6) is 2.87. The van der Waals surface area contributed by atoms with Crippen LogP contribution in [0.3, 0.4) is 0 Å². The maximum atomic E-state index is 6.66. The van der Waals surface area contributed by atoms with Crippen molar-refractivity contribution in [1.29, 1.82) is 0 Å². The molecule has 1 aliphatic rings. The lowest BCUT2D eigenvalue weighted by Crippen LogP contribution is -2.45. The van der Waals surface area contributed by atoms with Crippen molar-refractivity contribution in [2.24, 2.45) is 5.73 Å². The highest BCUT2D eigenvalue weighted by molar-refractivity contribution is 5.50. The predicted molar refractivity (Wildman–Crippen MR) is 96.9 cm³/mol. The highest BCUT2D eigenvalue weighted by Crippen LogP contribution is 2.49. The molecule has 0 amide bonds. The third-order valence-electron chi connectivity index (χ3n) is 4.83. The van der Waals surface area contributed by atoms with Crippen molar-refractivity contribution < 1.29 is 18.9 Å². The van der Waals surface area contributed by atoms with Gasteiger partial charge in [0, 0.05) is 23.6 Å². The number of benzene rings is 2. The average molecular weight is 343 g/mol. The van der Waals surface area contributed by atoms with Gasteiger partial charge in [-0.25, -0.2) is 0 Å². The van der Waals surface area contributed by atoms with Crippen LogP contribution in [0, 0.1) is 0 Å². The maximum absolute atomic E-state index is 6.66. The summed E-state index contributed by atoms with van der Waals surface area (Å²) >= 11 is 0. The third-order valence-corrected chi connectivity index (χ3v) is 4.83. The van der Waals surface area contributed by atoms with Crippen LogP contribution in [0.25, 0.3) is 0 Å². The topological polar surface area (TPSA) is 62.9 Å². The van der Waals surface area contributed by atoms with E-state index < -0.39 is 5.60 Å². The molecule has 0 bridgehead atoms. The van der Waals surface area contributed by atoms with E-state index in [1.165, 1.54) is 0 Å². The molecule has 0 spiro atoms. The molecule has 3 rings (SSSR count). The first-order valence-electron chi connectivity index (χ1n) is 8.25. The Morgan fingerprint density at radius 1 is 0.920 bits per heavy atom. The summed E-state index contributed by atoms with van der Waals surface area (Å²) in [6.07, 6.45) is 0. The molecule has 5 heteroatoms. The molecule has 134 valence electrons. The van der Waals surface area contributed by atoms with E-state index in [1.54, 1.807) is 21.3 Å². The van der Waals surface area contributed by atoms with E-state index in [0.29, 0.717) is 11.5 Å². The summed E-state index contributed by atoms with van der Waals surface area (Å²) in [6.45, 7) is 4.10. The minimum Gasteiger partial charge on any atom is -0.497 e. The Balaban J connectivity index is 2.06. The lowest BCUT2D eigenvalue weighted by Gasteiger charge is -2.44. The third kappa shape index (κ3) is 3.00. The van der Waals surface area contributed by atoms with E-state index in [0.717, 1.165) is 22.6 Å². The van der Waals surface area contributed by atoms with E-state index in [2.05, 4.69) is 13.8 Å². The second-order valence-corrected chi connectivity index (χ2v) is 6.73. The summed E-state index contributed by atoms with van der Waals surface area (Å²) < 4.78 is 22.4. The van der Waals surface area contributed by atoms with Gasteiger partial charge in [0.1, 0.15) is 17.1 Å². The van der Waals surface area contributed by atoms with Gasteiger partial charge in [0.05, 0.1) is 21.3 Å². The van der Waals surface area contributed by atoms with Gasteiger partial charge in [-0.1, -0.05) is 12.1 Å². The van der Waals surface area contributed by atoms with Gasteiger partial charge in [-0.05, 0) is 37.6 Å². The first-order chi connectivity index (χ1) is 11.9. The molecule has 0 aromatic heterocycles. The van der Waals surface area contributed by atoms with Crippen LogP contribution in [0.5, 0.6) is 23.0 Å².